The highest BCUT2D eigenvalue weighted by molar-refractivity contribution is 6.36. The Balaban J connectivity index is 1.92. The fraction of sp³-hybridized carbons (Fsp3) is 1.00. The third-order valence-electron chi connectivity index (χ3n) is 2.89. The van der Waals surface area contributed by atoms with Crippen LogP contribution in [0.25, 0.3) is 0 Å². The SMILES string of the molecule is COC(OC)[SiH2]CCCN1CCCC1. The smallest absolute Gasteiger partial charge is 0.134 e. The number of likely N-dealkylation sites (tertiary alicyclic amines) is 1. The second-order valence-electron chi connectivity index (χ2n) is 3.95. The molecule has 0 aliphatic carbocycles. The molecule has 1 aliphatic heterocycles. The van der Waals surface area contributed by atoms with E-state index in [0.717, 1.165) is 0 Å². The molecular weight excluding hydrogens is 194 g/mol. The number of rotatable bonds is 7. The number of hydrogen-bond donors (Lipinski definition) is 0. The van der Waals surface area contributed by atoms with Crippen molar-refractivity contribution in [3.63, 3.8) is 0 Å². The monoisotopic (exact) mass is 217 g/mol. The van der Waals surface area contributed by atoms with Crippen molar-refractivity contribution in [2.24, 2.45) is 0 Å². The predicted molar refractivity (Wildman–Crippen MR) is 61.4 cm³/mol. The van der Waals surface area contributed by atoms with Crippen LogP contribution in [0.2, 0.25) is 6.04 Å². The van der Waals surface area contributed by atoms with Crippen LogP contribution in [0.1, 0.15) is 19.3 Å². The van der Waals surface area contributed by atoms with Gasteiger partial charge < -0.3 is 14.4 Å². The first-order valence-electron chi connectivity index (χ1n) is 5.64. The molecule has 0 spiro atoms. The van der Waals surface area contributed by atoms with E-state index in [0.29, 0.717) is 0 Å². The third-order valence-corrected chi connectivity index (χ3v) is 4.93. The average Bonchev–Trinajstić information content (AvgIpc) is 2.71. The predicted octanol–water partition coefficient (Wildman–Crippen LogP) is 0.636. The van der Waals surface area contributed by atoms with Gasteiger partial charge in [0.2, 0.25) is 0 Å². The summed E-state index contributed by atoms with van der Waals surface area (Å²) in [7, 11) is 3.29. The number of ether oxygens (including phenoxy) is 2. The normalized spacial score (nSPS) is 19.1. The molecule has 0 radical (unpaired) electrons. The molecule has 0 aromatic rings. The van der Waals surface area contributed by atoms with Gasteiger partial charge in [0.05, 0.1) is 9.52 Å². The van der Waals surface area contributed by atoms with Gasteiger partial charge >= 0.3 is 0 Å². The molecule has 0 atom stereocenters. The minimum Gasteiger partial charge on any atom is -0.360 e. The van der Waals surface area contributed by atoms with E-state index in [9.17, 15) is 0 Å². The maximum Gasteiger partial charge on any atom is 0.134 e. The summed E-state index contributed by atoms with van der Waals surface area (Å²) < 4.78 is 10.4. The van der Waals surface area contributed by atoms with E-state index in [1.807, 2.05) is 0 Å². The highest BCUT2D eigenvalue weighted by atomic mass is 28.2. The van der Waals surface area contributed by atoms with Crippen LogP contribution in [0.5, 0.6) is 0 Å². The lowest BCUT2D eigenvalue weighted by atomic mass is 10.4. The van der Waals surface area contributed by atoms with E-state index in [4.69, 9.17) is 9.47 Å². The molecule has 0 amide bonds. The van der Waals surface area contributed by atoms with Gasteiger partial charge in [-0.25, -0.2) is 0 Å². The molecule has 1 saturated heterocycles. The second kappa shape index (κ2) is 7.40. The van der Waals surface area contributed by atoms with Crippen LogP contribution < -0.4 is 0 Å². The Kier molecular flexibility index (Phi) is 6.43. The average molecular weight is 217 g/mol. The van der Waals surface area contributed by atoms with Gasteiger partial charge in [-0.15, -0.1) is 0 Å². The Morgan fingerprint density at radius 2 is 1.86 bits per heavy atom. The van der Waals surface area contributed by atoms with Gasteiger partial charge in [-0.05, 0) is 38.9 Å². The second-order valence-corrected chi connectivity index (χ2v) is 5.90. The molecule has 14 heavy (non-hydrogen) atoms. The topological polar surface area (TPSA) is 21.7 Å². The van der Waals surface area contributed by atoms with Gasteiger partial charge in [0.15, 0.2) is 0 Å². The molecular formula is C10H23NO2Si. The van der Waals surface area contributed by atoms with E-state index < -0.39 is 0 Å². The molecule has 1 fully saturated rings. The quantitative estimate of drug-likeness (QED) is 0.355. The first-order valence-corrected chi connectivity index (χ1v) is 7.46. The van der Waals surface area contributed by atoms with Crippen LogP contribution in [0.3, 0.4) is 0 Å². The van der Waals surface area contributed by atoms with Gasteiger partial charge in [-0.3, -0.25) is 0 Å². The van der Waals surface area contributed by atoms with E-state index in [-0.39, 0.29) is 15.4 Å². The van der Waals surface area contributed by atoms with Crippen molar-refractivity contribution >= 4 is 9.52 Å². The van der Waals surface area contributed by atoms with E-state index in [2.05, 4.69) is 4.90 Å². The first-order chi connectivity index (χ1) is 6.86. The third kappa shape index (κ3) is 4.55. The van der Waals surface area contributed by atoms with Gasteiger partial charge in [-0.1, -0.05) is 6.04 Å². The maximum absolute atomic E-state index is 5.20. The Labute approximate surface area is 89.6 Å². The molecule has 0 unspecified atom stereocenters. The lowest BCUT2D eigenvalue weighted by Crippen LogP contribution is -2.24. The fourth-order valence-electron chi connectivity index (χ4n) is 1.98. The standard InChI is InChI=1S/C10H23NO2Si/c1-12-10(13-2)14-9-5-8-11-6-3-4-7-11/h10H,3-9,14H2,1-2H3. The van der Waals surface area contributed by atoms with Gasteiger partial charge in [-0.2, -0.15) is 0 Å². The van der Waals surface area contributed by atoms with E-state index in [1.54, 1.807) is 14.2 Å². The van der Waals surface area contributed by atoms with Crippen molar-refractivity contribution in [3.05, 3.63) is 0 Å². The highest BCUT2D eigenvalue weighted by Gasteiger charge is 2.11. The Hall–Kier alpha value is 0.0969. The van der Waals surface area contributed by atoms with Gasteiger partial charge in [0.1, 0.15) is 5.91 Å². The maximum atomic E-state index is 5.20. The van der Waals surface area contributed by atoms with Crippen LogP contribution in [0, 0.1) is 0 Å². The Bertz CT molecular complexity index is 132. The number of hydrogen-bond acceptors (Lipinski definition) is 3. The molecule has 0 N–H and O–H groups in total. The number of methoxy groups -OCH3 is 2. The first kappa shape index (κ1) is 12.2. The summed E-state index contributed by atoms with van der Waals surface area (Å²) >= 11 is 0. The molecule has 1 aliphatic rings. The Morgan fingerprint density at radius 1 is 1.21 bits per heavy atom. The van der Waals surface area contributed by atoms with Crippen LogP contribution in [0.15, 0.2) is 0 Å². The van der Waals surface area contributed by atoms with Crippen LogP contribution >= 0.6 is 0 Å². The molecule has 1 heterocycles. The fourth-order valence-corrected chi connectivity index (χ4v) is 3.30. The van der Waals surface area contributed by atoms with E-state index >= 15 is 0 Å². The largest absolute Gasteiger partial charge is 0.360 e. The molecule has 0 aromatic heterocycles. The molecule has 0 bridgehead atoms. The lowest BCUT2D eigenvalue weighted by molar-refractivity contribution is -0.0441. The van der Waals surface area contributed by atoms with Crippen molar-refractivity contribution in [3.8, 4) is 0 Å². The van der Waals surface area contributed by atoms with Crippen LogP contribution in [0.4, 0.5) is 0 Å². The molecule has 84 valence electrons. The minimum absolute atomic E-state index is 0.133. The highest BCUT2D eigenvalue weighted by Crippen LogP contribution is 2.08. The molecule has 4 heteroatoms. The zero-order valence-corrected chi connectivity index (χ0v) is 10.9. The summed E-state index contributed by atoms with van der Waals surface area (Å²) in [5.41, 5.74) is 0. The molecule has 1 rings (SSSR count). The van der Waals surface area contributed by atoms with Crippen molar-refractivity contribution in [1.82, 2.24) is 4.90 Å². The van der Waals surface area contributed by atoms with Crippen LogP contribution in [-0.2, 0) is 9.47 Å². The van der Waals surface area contributed by atoms with Gasteiger partial charge in [0, 0.05) is 14.2 Å². The summed E-state index contributed by atoms with van der Waals surface area (Å²) in [4.78, 5) is 2.57. The van der Waals surface area contributed by atoms with Crippen LogP contribution in [-0.4, -0.2) is 54.2 Å². The summed E-state index contributed by atoms with van der Waals surface area (Å²) in [5.74, 6) is 0.133. The van der Waals surface area contributed by atoms with Crippen molar-refractivity contribution in [2.75, 3.05) is 33.9 Å². The zero-order chi connectivity index (χ0) is 10.2. The molecule has 3 nitrogen and oxygen atoms in total. The lowest BCUT2D eigenvalue weighted by Gasteiger charge is -2.15. The van der Waals surface area contributed by atoms with Gasteiger partial charge in [0.25, 0.3) is 0 Å². The Morgan fingerprint density at radius 3 is 2.43 bits per heavy atom. The van der Waals surface area contributed by atoms with E-state index in [1.165, 1.54) is 44.9 Å². The van der Waals surface area contributed by atoms with Crippen molar-refractivity contribution in [2.45, 2.75) is 31.2 Å². The van der Waals surface area contributed by atoms with Crippen molar-refractivity contribution < 1.29 is 9.47 Å². The van der Waals surface area contributed by atoms with Crippen molar-refractivity contribution in [1.29, 1.82) is 0 Å². The molecule has 0 saturated carbocycles. The zero-order valence-electron chi connectivity index (χ0n) is 9.50. The molecule has 0 aromatic carbocycles. The summed E-state index contributed by atoms with van der Waals surface area (Å²) in [6, 6.07) is 1.34. The minimum atomic E-state index is -0.184. The summed E-state index contributed by atoms with van der Waals surface area (Å²) in [5, 5.41) is 0. The summed E-state index contributed by atoms with van der Waals surface area (Å²) in [6.07, 6.45) is 4.13. The number of nitrogens with zero attached hydrogens (tertiary/aromatic N) is 1. The summed E-state index contributed by atoms with van der Waals surface area (Å²) in [6.45, 7) is 3.92.